The van der Waals surface area contributed by atoms with E-state index in [1.165, 1.54) is 6.42 Å². The zero-order chi connectivity index (χ0) is 17.8. The van der Waals surface area contributed by atoms with Crippen LogP contribution >= 0.6 is 0 Å². The molecule has 1 aromatic carbocycles. The molecular weight excluding hydrogens is 318 g/mol. The van der Waals surface area contributed by atoms with Gasteiger partial charge < -0.3 is 25.4 Å². The Morgan fingerprint density at radius 3 is 2.80 bits per heavy atom. The number of aromatic nitrogens is 2. The predicted molar refractivity (Wildman–Crippen MR) is 99.9 cm³/mol. The molecule has 1 aliphatic rings. The Kier molecular flexibility index (Phi) is 5.11. The number of nitrogen functional groups attached to an aromatic ring is 1. The standard InChI is InChI=1S/C18H25N5O2/c1-12-5-4-8-23(10-12)18-16(19)17(20-11-21-18)22-14-9-13(24-2)6-7-15(14)25-3/h6-7,9,11-12H,4-5,8,10,19H2,1-3H3,(H,20,21,22). The number of hydrogen-bond donors (Lipinski definition) is 2. The van der Waals surface area contributed by atoms with E-state index in [4.69, 9.17) is 15.2 Å². The summed E-state index contributed by atoms with van der Waals surface area (Å²) in [6.07, 6.45) is 3.94. The van der Waals surface area contributed by atoms with Crippen LogP contribution in [0.25, 0.3) is 0 Å². The van der Waals surface area contributed by atoms with Crippen LogP contribution in [0.4, 0.5) is 23.0 Å². The summed E-state index contributed by atoms with van der Waals surface area (Å²) in [6.45, 7) is 4.18. The molecule has 2 heterocycles. The summed E-state index contributed by atoms with van der Waals surface area (Å²) in [5, 5.41) is 3.25. The number of nitrogens with two attached hydrogens (primary N) is 1. The van der Waals surface area contributed by atoms with Crippen molar-refractivity contribution in [3.8, 4) is 11.5 Å². The molecule has 0 bridgehead atoms. The zero-order valence-corrected chi connectivity index (χ0v) is 15.0. The lowest BCUT2D eigenvalue weighted by atomic mass is 10.0. The van der Waals surface area contributed by atoms with Crippen LogP contribution in [0.1, 0.15) is 19.8 Å². The van der Waals surface area contributed by atoms with E-state index in [0.29, 0.717) is 23.2 Å². The molecule has 1 atom stereocenters. The molecule has 1 unspecified atom stereocenters. The maximum Gasteiger partial charge on any atom is 0.159 e. The van der Waals surface area contributed by atoms with Gasteiger partial charge >= 0.3 is 0 Å². The van der Waals surface area contributed by atoms with Gasteiger partial charge in [-0.3, -0.25) is 0 Å². The van der Waals surface area contributed by atoms with Crippen LogP contribution in [0, 0.1) is 5.92 Å². The van der Waals surface area contributed by atoms with Gasteiger partial charge in [0.25, 0.3) is 0 Å². The number of hydrogen-bond acceptors (Lipinski definition) is 7. The molecule has 0 radical (unpaired) electrons. The summed E-state index contributed by atoms with van der Waals surface area (Å²) < 4.78 is 10.7. The van der Waals surface area contributed by atoms with E-state index in [-0.39, 0.29) is 0 Å². The fourth-order valence-electron chi connectivity index (χ4n) is 3.16. The molecule has 1 fully saturated rings. The average Bonchev–Trinajstić information content (AvgIpc) is 2.63. The second kappa shape index (κ2) is 7.46. The van der Waals surface area contributed by atoms with Crippen LogP contribution in [0.2, 0.25) is 0 Å². The lowest BCUT2D eigenvalue weighted by molar-refractivity contribution is 0.405. The van der Waals surface area contributed by atoms with Crippen molar-refractivity contribution in [3.63, 3.8) is 0 Å². The Hall–Kier alpha value is -2.70. The first-order valence-electron chi connectivity index (χ1n) is 8.46. The molecule has 0 spiro atoms. The van der Waals surface area contributed by atoms with E-state index in [0.717, 1.165) is 36.8 Å². The molecule has 134 valence electrons. The van der Waals surface area contributed by atoms with Crippen LogP contribution < -0.4 is 25.4 Å². The molecule has 3 rings (SSSR count). The fourth-order valence-corrected chi connectivity index (χ4v) is 3.16. The molecule has 0 aliphatic carbocycles. The van der Waals surface area contributed by atoms with Gasteiger partial charge in [0.2, 0.25) is 0 Å². The van der Waals surface area contributed by atoms with Gasteiger partial charge in [-0.05, 0) is 30.9 Å². The lowest BCUT2D eigenvalue weighted by Gasteiger charge is -2.32. The van der Waals surface area contributed by atoms with Gasteiger partial charge in [0.15, 0.2) is 11.6 Å². The van der Waals surface area contributed by atoms with Crippen LogP contribution in [-0.2, 0) is 0 Å². The zero-order valence-electron chi connectivity index (χ0n) is 15.0. The van der Waals surface area contributed by atoms with Crippen molar-refractivity contribution in [2.45, 2.75) is 19.8 Å². The first-order valence-corrected chi connectivity index (χ1v) is 8.46. The normalized spacial score (nSPS) is 17.2. The summed E-state index contributed by atoms with van der Waals surface area (Å²) in [7, 11) is 3.25. The van der Waals surface area contributed by atoms with Gasteiger partial charge in [-0.1, -0.05) is 6.92 Å². The Morgan fingerprint density at radius 1 is 1.24 bits per heavy atom. The van der Waals surface area contributed by atoms with Gasteiger partial charge in [0.1, 0.15) is 23.5 Å². The fraction of sp³-hybridized carbons (Fsp3) is 0.444. The van der Waals surface area contributed by atoms with E-state index in [1.54, 1.807) is 20.5 Å². The Bertz CT molecular complexity index is 737. The van der Waals surface area contributed by atoms with Gasteiger partial charge in [0.05, 0.1) is 19.9 Å². The minimum Gasteiger partial charge on any atom is -0.497 e. The van der Waals surface area contributed by atoms with E-state index >= 15 is 0 Å². The second-order valence-corrected chi connectivity index (χ2v) is 6.34. The maximum atomic E-state index is 6.37. The van der Waals surface area contributed by atoms with Crippen LogP contribution in [-0.4, -0.2) is 37.3 Å². The van der Waals surface area contributed by atoms with E-state index < -0.39 is 0 Å². The largest absolute Gasteiger partial charge is 0.497 e. The molecule has 7 nitrogen and oxygen atoms in total. The van der Waals surface area contributed by atoms with Crippen molar-refractivity contribution in [2.24, 2.45) is 5.92 Å². The number of benzene rings is 1. The smallest absolute Gasteiger partial charge is 0.159 e. The summed E-state index contributed by atoms with van der Waals surface area (Å²) in [4.78, 5) is 11.0. The average molecular weight is 343 g/mol. The van der Waals surface area contributed by atoms with Gasteiger partial charge in [-0.2, -0.15) is 0 Å². The molecule has 1 aromatic heterocycles. The molecule has 2 aromatic rings. The van der Waals surface area contributed by atoms with Crippen molar-refractivity contribution >= 4 is 23.0 Å². The quantitative estimate of drug-likeness (QED) is 0.863. The van der Waals surface area contributed by atoms with E-state index in [2.05, 4.69) is 27.1 Å². The van der Waals surface area contributed by atoms with E-state index in [1.807, 2.05) is 18.2 Å². The van der Waals surface area contributed by atoms with Crippen molar-refractivity contribution in [1.82, 2.24) is 9.97 Å². The van der Waals surface area contributed by atoms with Gasteiger partial charge in [-0.15, -0.1) is 0 Å². The third-order valence-corrected chi connectivity index (χ3v) is 4.48. The maximum absolute atomic E-state index is 6.37. The number of rotatable bonds is 5. The van der Waals surface area contributed by atoms with Crippen molar-refractivity contribution in [1.29, 1.82) is 0 Å². The van der Waals surface area contributed by atoms with Gasteiger partial charge in [-0.25, -0.2) is 9.97 Å². The summed E-state index contributed by atoms with van der Waals surface area (Å²) in [5.41, 5.74) is 7.65. The van der Waals surface area contributed by atoms with Crippen molar-refractivity contribution in [3.05, 3.63) is 24.5 Å². The minimum atomic E-state index is 0.543. The minimum absolute atomic E-state index is 0.543. The highest BCUT2D eigenvalue weighted by atomic mass is 16.5. The molecule has 1 saturated heterocycles. The third kappa shape index (κ3) is 3.70. The molecule has 1 aliphatic heterocycles. The monoisotopic (exact) mass is 343 g/mol. The molecule has 3 N–H and O–H groups in total. The Morgan fingerprint density at radius 2 is 2.08 bits per heavy atom. The number of ether oxygens (including phenoxy) is 2. The lowest BCUT2D eigenvalue weighted by Crippen LogP contribution is -2.35. The third-order valence-electron chi connectivity index (χ3n) is 4.48. The molecular formula is C18H25N5O2. The van der Waals surface area contributed by atoms with E-state index in [9.17, 15) is 0 Å². The van der Waals surface area contributed by atoms with Crippen LogP contribution in [0.5, 0.6) is 11.5 Å². The Labute approximate surface area is 148 Å². The van der Waals surface area contributed by atoms with Gasteiger partial charge in [0, 0.05) is 19.2 Å². The first kappa shape index (κ1) is 17.1. The number of piperidine rings is 1. The summed E-state index contributed by atoms with van der Waals surface area (Å²) >= 11 is 0. The van der Waals surface area contributed by atoms with Crippen LogP contribution in [0.15, 0.2) is 24.5 Å². The molecule has 25 heavy (non-hydrogen) atoms. The topological polar surface area (TPSA) is 85.5 Å². The molecule has 0 amide bonds. The van der Waals surface area contributed by atoms with Crippen molar-refractivity contribution < 1.29 is 9.47 Å². The highest BCUT2D eigenvalue weighted by molar-refractivity contribution is 5.80. The summed E-state index contributed by atoms with van der Waals surface area (Å²) in [6, 6.07) is 5.53. The SMILES string of the molecule is COc1ccc(OC)c(Nc2ncnc(N3CCCC(C)C3)c2N)c1. The number of nitrogens with zero attached hydrogens (tertiary/aromatic N) is 3. The number of methoxy groups -OCH3 is 2. The molecule has 0 saturated carbocycles. The van der Waals surface area contributed by atoms with Crippen LogP contribution in [0.3, 0.4) is 0 Å². The predicted octanol–water partition coefficient (Wildman–Crippen LogP) is 3.06. The highest BCUT2D eigenvalue weighted by Gasteiger charge is 2.21. The highest BCUT2D eigenvalue weighted by Crippen LogP contribution is 2.35. The molecule has 7 heteroatoms. The van der Waals surface area contributed by atoms with Crippen molar-refractivity contribution in [2.75, 3.05) is 43.3 Å². The number of nitrogens with one attached hydrogen (secondary N) is 1. The second-order valence-electron chi connectivity index (χ2n) is 6.34. The summed E-state index contributed by atoms with van der Waals surface area (Å²) in [5.74, 6) is 3.40. The first-order chi connectivity index (χ1) is 12.1. The number of anilines is 4. The Balaban J connectivity index is 1.90.